The predicted octanol–water partition coefficient (Wildman–Crippen LogP) is -0.372. The second-order valence-corrected chi connectivity index (χ2v) is 0.758. The molecular formula is H2O3PSm+. The Labute approximate surface area is 62.4 Å². The van der Waals surface area contributed by atoms with Crippen LogP contribution in [-0.4, -0.2) is 9.79 Å². The first-order valence-electron chi connectivity index (χ1n) is 0.583. The zero-order valence-electron chi connectivity index (χ0n) is 2.16. The van der Waals surface area contributed by atoms with E-state index in [-0.39, 0.29) is 40.4 Å². The van der Waals surface area contributed by atoms with Crippen LogP contribution in [0.3, 0.4) is 0 Å². The molecule has 5 heavy (non-hydrogen) atoms. The molecule has 0 radical (unpaired) electrons. The van der Waals surface area contributed by atoms with E-state index in [9.17, 15) is 0 Å². The standard InChI is InChI=1S/HO3P.Sm/c1-4(2)3;/h(H-,1,2,3);/p+1. The van der Waals surface area contributed by atoms with Crippen LogP contribution in [0, 0.1) is 40.4 Å². The third-order valence-electron chi connectivity index (χ3n) is 0. The zero-order chi connectivity index (χ0) is 3.58. The van der Waals surface area contributed by atoms with Crippen LogP contribution < -0.4 is 0 Å². The Morgan fingerprint density at radius 3 is 1.40 bits per heavy atom. The Hall–Kier alpha value is 1.36. The average Bonchev–Trinajstić information content (AvgIpc) is 0.811. The first kappa shape index (κ1) is 9.61. The van der Waals surface area contributed by atoms with Gasteiger partial charge in [-0.05, 0) is 0 Å². The summed E-state index contributed by atoms with van der Waals surface area (Å²) < 4.78 is 8.70. The van der Waals surface area contributed by atoms with Crippen molar-refractivity contribution in [2.75, 3.05) is 0 Å². The van der Waals surface area contributed by atoms with Crippen LogP contribution in [0.15, 0.2) is 0 Å². The molecule has 0 spiro atoms. The summed E-state index contributed by atoms with van der Waals surface area (Å²) in [6, 6.07) is 0. The Kier molecular flexibility index (Phi) is 10.3. The second-order valence-electron chi connectivity index (χ2n) is 0.253. The summed E-state index contributed by atoms with van der Waals surface area (Å²) in [5.41, 5.74) is 0. The van der Waals surface area contributed by atoms with Crippen molar-refractivity contribution >= 4 is 8.25 Å². The van der Waals surface area contributed by atoms with Crippen LogP contribution in [0.2, 0.25) is 0 Å². The van der Waals surface area contributed by atoms with Gasteiger partial charge in [-0.25, -0.2) is 0 Å². The van der Waals surface area contributed by atoms with Crippen molar-refractivity contribution in [2.45, 2.75) is 0 Å². The van der Waals surface area contributed by atoms with Gasteiger partial charge >= 0.3 is 8.25 Å². The molecule has 0 atom stereocenters. The molecule has 30 valence electrons. The van der Waals surface area contributed by atoms with Crippen molar-refractivity contribution in [3.63, 3.8) is 0 Å². The smallest absolute Gasteiger partial charge is 0.134 e. The molecule has 5 heteroatoms. The second kappa shape index (κ2) is 5.36. The summed E-state index contributed by atoms with van der Waals surface area (Å²) in [5.74, 6) is 0. The van der Waals surface area contributed by atoms with Gasteiger partial charge in [-0.1, -0.05) is 0 Å². The van der Waals surface area contributed by atoms with Crippen LogP contribution in [0.1, 0.15) is 0 Å². The van der Waals surface area contributed by atoms with E-state index < -0.39 is 8.25 Å². The predicted molar refractivity (Wildman–Crippen MR) is 12.0 cm³/mol. The van der Waals surface area contributed by atoms with Gasteiger partial charge < -0.3 is 0 Å². The van der Waals surface area contributed by atoms with Gasteiger partial charge in [0, 0.05) is 45.0 Å². The maximum atomic E-state index is 8.70. The summed E-state index contributed by atoms with van der Waals surface area (Å²) in [5, 5.41) is 0. The van der Waals surface area contributed by atoms with E-state index in [1.54, 1.807) is 0 Å². The summed E-state index contributed by atoms with van der Waals surface area (Å²) >= 11 is 0. The van der Waals surface area contributed by atoms with Gasteiger partial charge in [-0.2, -0.15) is 0 Å². The first-order valence-corrected chi connectivity index (χ1v) is 1.75. The van der Waals surface area contributed by atoms with Crippen LogP contribution in [0.25, 0.3) is 0 Å². The van der Waals surface area contributed by atoms with Gasteiger partial charge in [-0.3, -0.25) is 0 Å². The Balaban J connectivity index is 0. The Bertz CT molecular complexity index is 29.9. The van der Waals surface area contributed by atoms with Gasteiger partial charge in [0.2, 0.25) is 0 Å². The summed E-state index contributed by atoms with van der Waals surface area (Å²) in [6.07, 6.45) is 0. The van der Waals surface area contributed by atoms with Crippen molar-refractivity contribution in [3.05, 3.63) is 0 Å². The molecule has 0 aliphatic heterocycles. The van der Waals surface area contributed by atoms with Gasteiger partial charge in [-0.15, -0.1) is 9.79 Å². The molecule has 0 aromatic carbocycles. The third kappa shape index (κ3) is 32.8. The zero-order valence-corrected chi connectivity index (χ0v) is 5.67. The summed E-state index contributed by atoms with van der Waals surface area (Å²) in [6.45, 7) is 0. The molecule has 0 heterocycles. The van der Waals surface area contributed by atoms with Gasteiger partial charge in [0.25, 0.3) is 0 Å². The fourth-order valence-corrected chi connectivity index (χ4v) is 0. The van der Waals surface area contributed by atoms with Crippen molar-refractivity contribution < 1.29 is 54.7 Å². The van der Waals surface area contributed by atoms with Crippen LogP contribution in [-0.2, 0) is 4.57 Å². The van der Waals surface area contributed by atoms with E-state index in [4.69, 9.17) is 14.4 Å². The van der Waals surface area contributed by atoms with Crippen LogP contribution in [0.4, 0.5) is 0 Å². The van der Waals surface area contributed by atoms with E-state index in [0.717, 1.165) is 0 Å². The van der Waals surface area contributed by atoms with Crippen LogP contribution in [0.5, 0.6) is 0 Å². The first-order chi connectivity index (χ1) is 1.73. The quantitative estimate of drug-likeness (QED) is 0.559. The molecule has 0 saturated heterocycles. The van der Waals surface area contributed by atoms with E-state index >= 15 is 0 Å². The molecule has 0 saturated carbocycles. The van der Waals surface area contributed by atoms with E-state index in [2.05, 4.69) is 0 Å². The van der Waals surface area contributed by atoms with Crippen molar-refractivity contribution in [3.8, 4) is 0 Å². The number of hydrogen-bond donors (Lipinski definition) is 2. The van der Waals surface area contributed by atoms with Crippen LogP contribution >= 0.6 is 8.25 Å². The van der Waals surface area contributed by atoms with Gasteiger partial charge in [0.1, 0.15) is 0 Å². The topological polar surface area (TPSA) is 57.5 Å². The minimum atomic E-state index is -2.87. The molecule has 0 aromatic rings. The fourth-order valence-electron chi connectivity index (χ4n) is 0. The average molecular weight is 231 g/mol. The SMILES string of the molecule is O=[P+](O)O.[Sm]. The van der Waals surface area contributed by atoms with Gasteiger partial charge in [0.05, 0.1) is 0 Å². The van der Waals surface area contributed by atoms with E-state index in [1.807, 2.05) is 0 Å². The van der Waals surface area contributed by atoms with Gasteiger partial charge in [0.15, 0.2) is 0 Å². The molecule has 0 aromatic heterocycles. The maximum Gasteiger partial charge on any atom is 0.692 e. The molecule has 0 amide bonds. The number of rotatable bonds is 0. The molecule has 2 N–H and O–H groups in total. The van der Waals surface area contributed by atoms with Crippen molar-refractivity contribution in [1.82, 2.24) is 0 Å². The molecule has 0 bridgehead atoms. The minimum Gasteiger partial charge on any atom is -0.134 e. The third-order valence-corrected chi connectivity index (χ3v) is 0. The number of hydrogen-bond acceptors (Lipinski definition) is 1. The summed E-state index contributed by atoms with van der Waals surface area (Å²) in [7, 11) is -2.87. The molecule has 0 rings (SSSR count). The maximum absolute atomic E-state index is 8.70. The Morgan fingerprint density at radius 2 is 1.40 bits per heavy atom. The Morgan fingerprint density at radius 1 is 1.40 bits per heavy atom. The summed E-state index contributed by atoms with van der Waals surface area (Å²) in [4.78, 5) is 14.2. The van der Waals surface area contributed by atoms with Crippen molar-refractivity contribution in [2.24, 2.45) is 0 Å². The van der Waals surface area contributed by atoms with E-state index in [0.29, 0.717) is 0 Å². The van der Waals surface area contributed by atoms with E-state index in [1.165, 1.54) is 0 Å². The molecule has 0 aliphatic rings. The normalized spacial score (nSPS) is 5.20. The molecular weight excluding hydrogens is 229 g/mol. The monoisotopic (exact) mass is 233 g/mol. The fraction of sp³-hybridized carbons (Fsp3) is 0. The molecule has 0 fully saturated rings. The molecule has 0 aliphatic carbocycles. The largest absolute Gasteiger partial charge is 0.692 e. The minimum absolute atomic E-state index is 0. The van der Waals surface area contributed by atoms with Crippen molar-refractivity contribution in [1.29, 1.82) is 0 Å². The molecule has 3 nitrogen and oxygen atoms in total. The molecule has 0 unspecified atom stereocenters.